The molecule has 7 heteroatoms. The first kappa shape index (κ1) is 20.6. The van der Waals surface area contributed by atoms with Crippen LogP contribution in [0.2, 0.25) is 0 Å². The average Bonchev–Trinajstić information content (AvgIpc) is 2.73. The van der Waals surface area contributed by atoms with E-state index >= 15 is 0 Å². The number of likely N-dealkylation sites (N-methyl/N-ethyl adjacent to an activating group) is 1. The van der Waals surface area contributed by atoms with Crippen molar-refractivity contribution in [2.24, 2.45) is 0 Å². The van der Waals surface area contributed by atoms with E-state index in [2.05, 4.69) is 11.8 Å². The number of rotatable bonds is 8. The highest BCUT2D eigenvalue weighted by atomic mass is 32.2. The molecule has 152 valence electrons. The molecule has 0 atom stereocenters. The van der Waals surface area contributed by atoms with Crippen molar-refractivity contribution in [3.63, 3.8) is 0 Å². The summed E-state index contributed by atoms with van der Waals surface area (Å²) in [5, 5.41) is 0. The van der Waals surface area contributed by atoms with Gasteiger partial charge in [-0.05, 0) is 43.7 Å². The fraction of sp³-hybridized carbons (Fsp3) is 0.700. The molecule has 1 aromatic carbocycles. The first-order chi connectivity index (χ1) is 13.1. The lowest BCUT2D eigenvalue weighted by molar-refractivity contribution is 0.0730. The smallest absolute Gasteiger partial charge is 0.243 e. The molecule has 0 unspecified atom stereocenters. The summed E-state index contributed by atoms with van der Waals surface area (Å²) in [6.07, 6.45) is 6.62. The Morgan fingerprint density at radius 3 is 2.41 bits per heavy atom. The van der Waals surface area contributed by atoms with Crippen molar-refractivity contribution >= 4 is 10.0 Å². The van der Waals surface area contributed by atoms with Crippen molar-refractivity contribution in [1.82, 2.24) is 9.21 Å². The molecule has 2 fully saturated rings. The summed E-state index contributed by atoms with van der Waals surface area (Å²) < 4.78 is 37.9. The third kappa shape index (κ3) is 5.44. The Kier molecular flexibility index (Phi) is 7.52. The summed E-state index contributed by atoms with van der Waals surface area (Å²) >= 11 is 0. The maximum Gasteiger partial charge on any atom is 0.243 e. The summed E-state index contributed by atoms with van der Waals surface area (Å²) in [4.78, 5) is 2.82. The van der Waals surface area contributed by atoms with Crippen LogP contribution in [-0.2, 0) is 14.8 Å². The highest BCUT2D eigenvalue weighted by Crippen LogP contribution is 2.23. The third-order valence-electron chi connectivity index (χ3n) is 5.58. The van der Waals surface area contributed by atoms with E-state index in [1.165, 1.54) is 36.4 Å². The van der Waals surface area contributed by atoms with Crippen LogP contribution < -0.4 is 4.74 Å². The number of ether oxygens (including phenoxy) is 2. The molecule has 0 radical (unpaired) electrons. The lowest BCUT2D eigenvalue weighted by atomic mass is 9.94. The predicted octanol–water partition coefficient (Wildman–Crippen LogP) is 2.74. The van der Waals surface area contributed by atoms with Gasteiger partial charge in [-0.25, -0.2) is 8.42 Å². The van der Waals surface area contributed by atoms with Gasteiger partial charge < -0.3 is 9.47 Å². The highest BCUT2D eigenvalue weighted by Gasteiger charge is 2.26. The van der Waals surface area contributed by atoms with E-state index in [1.807, 2.05) is 0 Å². The Labute approximate surface area is 163 Å². The van der Waals surface area contributed by atoms with Gasteiger partial charge in [0.2, 0.25) is 10.0 Å². The molecule has 6 nitrogen and oxygen atoms in total. The Morgan fingerprint density at radius 2 is 1.78 bits per heavy atom. The minimum absolute atomic E-state index is 0.314. The molecule has 1 saturated heterocycles. The van der Waals surface area contributed by atoms with Crippen LogP contribution in [0.5, 0.6) is 5.75 Å². The van der Waals surface area contributed by atoms with Gasteiger partial charge in [-0.3, -0.25) is 4.90 Å². The largest absolute Gasteiger partial charge is 0.492 e. The second-order valence-corrected chi connectivity index (χ2v) is 9.19. The average molecular weight is 397 g/mol. The van der Waals surface area contributed by atoms with E-state index in [4.69, 9.17) is 9.47 Å². The van der Waals surface area contributed by atoms with E-state index in [-0.39, 0.29) is 0 Å². The molecule has 1 aliphatic carbocycles. The normalized spacial score (nSPS) is 20.1. The van der Waals surface area contributed by atoms with E-state index in [0.29, 0.717) is 43.8 Å². The molecule has 1 aromatic rings. The molecule has 0 amide bonds. The minimum Gasteiger partial charge on any atom is -0.492 e. The van der Waals surface area contributed by atoms with Crippen LogP contribution in [0.4, 0.5) is 0 Å². The number of sulfonamides is 1. The fourth-order valence-corrected chi connectivity index (χ4v) is 5.38. The van der Waals surface area contributed by atoms with Gasteiger partial charge >= 0.3 is 0 Å². The third-order valence-corrected chi connectivity index (χ3v) is 7.49. The summed E-state index contributed by atoms with van der Waals surface area (Å²) in [6, 6.07) is 7.47. The summed E-state index contributed by atoms with van der Waals surface area (Å²) in [6.45, 7) is 6.52. The summed E-state index contributed by atoms with van der Waals surface area (Å²) in [5.74, 6) is 0.718. The second-order valence-electron chi connectivity index (χ2n) is 7.26. The molecule has 3 rings (SSSR count). The zero-order valence-electron chi connectivity index (χ0n) is 16.3. The first-order valence-corrected chi connectivity index (χ1v) is 11.6. The molecule has 0 bridgehead atoms. The van der Waals surface area contributed by atoms with Crippen molar-refractivity contribution in [1.29, 1.82) is 0 Å². The molecule has 1 aliphatic heterocycles. The Hall–Kier alpha value is -1.15. The van der Waals surface area contributed by atoms with Gasteiger partial charge in [0.25, 0.3) is 0 Å². The van der Waals surface area contributed by atoms with Crippen LogP contribution >= 0.6 is 0 Å². The topological polar surface area (TPSA) is 59.1 Å². The van der Waals surface area contributed by atoms with Crippen LogP contribution in [0.15, 0.2) is 29.2 Å². The number of morpholine rings is 1. The quantitative estimate of drug-likeness (QED) is 0.676. The van der Waals surface area contributed by atoms with E-state index < -0.39 is 10.0 Å². The summed E-state index contributed by atoms with van der Waals surface area (Å²) in [7, 11) is -3.44. The van der Waals surface area contributed by atoms with Gasteiger partial charge in [0.15, 0.2) is 0 Å². The maximum absolute atomic E-state index is 12.6. The van der Waals surface area contributed by atoms with Crippen LogP contribution in [0, 0.1) is 0 Å². The van der Waals surface area contributed by atoms with Crippen LogP contribution in [0.1, 0.15) is 39.0 Å². The number of hydrogen-bond donors (Lipinski definition) is 0. The van der Waals surface area contributed by atoms with Crippen molar-refractivity contribution < 1.29 is 17.9 Å². The molecule has 0 aromatic heterocycles. The molecule has 0 spiro atoms. The first-order valence-electron chi connectivity index (χ1n) is 10.2. The van der Waals surface area contributed by atoms with Crippen molar-refractivity contribution in [2.75, 3.05) is 46.0 Å². The van der Waals surface area contributed by atoms with Gasteiger partial charge in [-0.2, -0.15) is 4.31 Å². The van der Waals surface area contributed by atoms with E-state index in [9.17, 15) is 8.42 Å². The Morgan fingerprint density at radius 1 is 1.11 bits per heavy atom. The zero-order chi connectivity index (χ0) is 19.1. The molecule has 0 N–H and O–H groups in total. The lowest BCUT2D eigenvalue weighted by Gasteiger charge is -2.33. The van der Waals surface area contributed by atoms with Crippen molar-refractivity contribution in [3.8, 4) is 5.75 Å². The minimum atomic E-state index is -3.44. The van der Waals surface area contributed by atoms with E-state index in [1.54, 1.807) is 24.3 Å². The zero-order valence-corrected chi connectivity index (χ0v) is 17.1. The van der Waals surface area contributed by atoms with Gasteiger partial charge in [-0.15, -0.1) is 0 Å². The molecular weight excluding hydrogens is 364 g/mol. The van der Waals surface area contributed by atoms with Gasteiger partial charge in [-0.1, -0.05) is 26.2 Å². The van der Waals surface area contributed by atoms with Gasteiger partial charge in [0.1, 0.15) is 12.4 Å². The number of nitrogens with zero attached hydrogens (tertiary/aromatic N) is 2. The maximum atomic E-state index is 12.6. The van der Waals surface area contributed by atoms with Crippen LogP contribution in [0.3, 0.4) is 0 Å². The van der Waals surface area contributed by atoms with E-state index in [0.717, 1.165) is 18.8 Å². The summed E-state index contributed by atoms with van der Waals surface area (Å²) in [5.41, 5.74) is 0. The van der Waals surface area contributed by atoms with Crippen molar-refractivity contribution in [2.45, 2.75) is 50.0 Å². The van der Waals surface area contributed by atoms with Crippen molar-refractivity contribution in [3.05, 3.63) is 24.3 Å². The number of hydrogen-bond acceptors (Lipinski definition) is 5. The van der Waals surface area contributed by atoms with Crippen LogP contribution in [0.25, 0.3) is 0 Å². The Bertz CT molecular complexity index is 666. The van der Waals surface area contributed by atoms with Gasteiger partial charge in [0.05, 0.1) is 18.1 Å². The monoisotopic (exact) mass is 396 g/mol. The second kappa shape index (κ2) is 9.87. The molecule has 27 heavy (non-hydrogen) atoms. The Balaban J connectivity index is 1.51. The fourth-order valence-electron chi connectivity index (χ4n) is 3.97. The highest BCUT2D eigenvalue weighted by molar-refractivity contribution is 7.89. The number of benzene rings is 1. The molecular formula is C20H32N2O4S. The predicted molar refractivity (Wildman–Crippen MR) is 106 cm³/mol. The molecule has 1 saturated carbocycles. The molecule has 1 heterocycles. The standard InChI is InChI=1S/C20H32N2O4S/c1-2-21(18-6-4-3-5-7-18)12-17-26-19-8-10-20(11-9-19)27(23,24)22-13-15-25-16-14-22/h8-11,18H,2-7,12-17H2,1H3. The lowest BCUT2D eigenvalue weighted by Crippen LogP contribution is -2.40. The SMILES string of the molecule is CCN(CCOc1ccc(S(=O)(=O)N2CCOCC2)cc1)C1CCCCC1. The molecule has 2 aliphatic rings. The van der Waals surface area contributed by atoms with Crippen LogP contribution in [-0.4, -0.2) is 69.7 Å². The van der Waals surface area contributed by atoms with Gasteiger partial charge in [0, 0.05) is 25.7 Å².